The molecule has 4 aromatic rings. The Kier molecular flexibility index (Phi) is 7.13. The van der Waals surface area contributed by atoms with E-state index in [1.165, 1.54) is 51.5 Å². The average Bonchev–Trinajstić information content (AvgIpc) is 3.40. The van der Waals surface area contributed by atoms with Gasteiger partial charge in [-0.1, -0.05) is 0 Å². The lowest BCUT2D eigenvalue weighted by atomic mass is 9.84. The van der Waals surface area contributed by atoms with Gasteiger partial charge in [-0.2, -0.15) is 13.9 Å². The van der Waals surface area contributed by atoms with Gasteiger partial charge in [0.15, 0.2) is 17.4 Å². The SMILES string of the molecule is CC(C)(O)[C@@](C)(O)c1cc2nc(N3CCC(Oc4ccc(F)cc4F)CC3)c(-c3cnn(C(F)F)c3)nc2cn1. The summed E-state index contributed by atoms with van der Waals surface area (Å²) in [6, 6.07) is 4.67. The number of anilines is 1. The maximum absolute atomic E-state index is 14.1. The third-order valence-corrected chi connectivity index (χ3v) is 7.23. The van der Waals surface area contributed by atoms with Gasteiger partial charge in [0.2, 0.25) is 0 Å². The van der Waals surface area contributed by atoms with E-state index < -0.39 is 29.4 Å². The molecule has 0 bridgehead atoms. The number of aromatic nitrogens is 5. The molecule has 1 saturated heterocycles. The van der Waals surface area contributed by atoms with Crippen molar-refractivity contribution in [2.75, 3.05) is 18.0 Å². The van der Waals surface area contributed by atoms with Crippen molar-refractivity contribution in [3.05, 3.63) is 60.2 Å². The van der Waals surface area contributed by atoms with Gasteiger partial charge in [-0.25, -0.2) is 23.4 Å². The first kappa shape index (κ1) is 27.7. The standard InChI is InChI=1S/C27H28F4N6O3/c1-26(2,38)27(3,39)22-11-19-20(13-32-22)34-23(15-12-33-37(14-15)25(30)31)24(35-19)36-8-6-17(7-9-36)40-21-5-4-16(28)10-18(21)29/h4-5,10-14,17,25,38-39H,6-9H2,1-3H3/t27-/m0/s1. The van der Waals surface area contributed by atoms with E-state index in [1.807, 2.05) is 4.90 Å². The second-order valence-corrected chi connectivity index (χ2v) is 10.5. The molecule has 1 aromatic carbocycles. The molecule has 0 amide bonds. The van der Waals surface area contributed by atoms with Crippen molar-refractivity contribution in [2.24, 2.45) is 0 Å². The number of ether oxygens (including phenoxy) is 1. The molecule has 5 rings (SSSR count). The van der Waals surface area contributed by atoms with Crippen molar-refractivity contribution in [3.8, 4) is 17.0 Å². The van der Waals surface area contributed by atoms with Gasteiger partial charge in [0, 0.05) is 43.8 Å². The monoisotopic (exact) mass is 560 g/mol. The Balaban J connectivity index is 1.49. The first-order valence-electron chi connectivity index (χ1n) is 12.7. The summed E-state index contributed by atoms with van der Waals surface area (Å²) < 4.78 is 60.2. The molecule has 9 nitrogen and oxygen atoms in total. The summed E-state index contributed by atoms with van der Waals surface area (Å²) in [6.45, 7) is 2.37. The van der Waals surface area contributed by atoms with Crippen LogP contribution in [0, 0.1) is 11.6 Å². The second-order valence-electron chi connectivity index (χ2n) is 10.5. The quantitative estimate of drug-likeness (QED) is 0.316. The van der Waals surface area contributed by atoms with Crippen LogP contribution < -0.4 is 9.64 Å². The van der Waals surface area contributed by atoms with Crippen molar-refractivity contribution in [2.45, 2.75) is 57.5 Å². The zero-order chi connectivity index (χ0) is 28.8. The highest BCUT2D eigenvalue weighted by Gasteiger charge is 2.41. The van der Waals surface area contributed by atoms with Crippen molar-refractivity contribution < 1.29 is 32.5 Å². The van der Waals surface area contributed by atoms with Crippen molar-refractivity contribution >= 4 is 16.9 Å². The molecule has 0 aliphatic carbocycles. The summed E-state index contributed by atoms with van der Waals surface area (Å²) in [4.78, 5) is 15.6. The van der Waals surface area contributed by atoms with E-state index in [0.29, 0.717) is 58.7 Å². The number of fused-ring (bicyclic) bond motifs is 1. The molecule has 212 valence electrons. The minimum atomic E-state index is -2.83. The molecule has 1 fully saturated rings. The van der Waals surface area contributed by atoms with Gasteiger partial charge in [-0.15, -0.1) is 0 Å². The summed E-state index contributed by atoms with van der Waals surface area (Å²) in [5, 5.41) is 25.2. The number of hydrogen-bond acceptors (Lipinski definition) is 8. The molecule has 13 heteroatoms. The van der Waals surface area contributed by atoms with Crippen LogP contribution in [-0.2, 0) is 5.60 Å². The molecule has 0 radical (unpaired) electrons. The summed E-state index contributed by atoms with van der Waals surface area (Å²) in [7, 11) is 0. The lowest BCUT2D eigenvalue weighted by Crippen LogP contribution is -2.45. The van der Waals surface area contributed by atoms with E-state index in [2.05, 4.69) is 15.1 Å². The number of halogens is 4. The van der Waals surface area contributed by atoms with Crippen LogP contribution in [-0.4, -0.2) is 59.7 Å². The van der Waals surface area contributed by atoms with E-state index in [0.717, 1.165) is 12.1 Å². The number of piperidine rings is 1. The Morgan fingerprint density at radius 3 is 2.35 bits per heavy atom. The number of benzene rings is 1. The fourth-order valence-electron chi connectivity index (χ4n) is 4.45. The third kappa shape index (κ3) is 5.30. The molecule has 2 N–H and O–H groups in total. The van der Waals surface area contributed by atoms with Gasteiger partial charge < -0.3 is 19.8 Å². The summed E-state index contributed by atoms with van der Waals surface area (Å²) >= 11 is 0. The largest absolute Gasteiger partial charge is 0.487 e. The molecule has 1 atom stereocenters. The summed E-state index contributed by atoms with van der Waals surface area (Å²) in [5.41, 5.74) is -1.67. The fourth-order valence-corrected chi connectivity index (χ4v) is 4.45. The highest BCUT2D eigenvalue weighted by Crippen LogP contribution is 2.35. The molecule has 1 aliphatic rings. The van der Waals surface area contributed by atoms with Crippen molar-refractivity contribution in [1.82, 2.24) is 24.7 Å². The predicted octanol–water partition coefficient (Wildman–Crippen LogP) is 4.59. The molecular weight excluding hydrogens is 532 g/mol. The van der Waals surface area contributed by atoms with Gasteiger partial charge in [0.25, 0.3) is 0 Å². The van der Waals surface area contributed by atoms with Crippen LogP contribution >= 0.6 is 0 Å². The van der Waals surface area contributed by atoms with Crippen LogP contribution in [0.4, 0.5) is 23.4 Å². The molecule has 0 unspecified atom stereocenters. The number of rotatable bonds is 7. The zero-order valence-corrected chi connectivity index (χ0v) is 22.0. The topological polar surface area (TPSA) is 109 Å². The Morgan fingerprint density at radius 2 is 1.73 bits per heavy atom. The number of aliphatic hydroxyl groups is 2. The number of alkyl halides is 2. The zero-order valence-electron chi connectivity index (χ0n) is 22.0. The maximum atomic E-state index is 14.1. The average molecular weight is 561 g/mol. The van der Waals surface area contributed by atoms with Crippen LogP contribution in [0.25, 0.3) is 22.3 Å². The van der Waals surface area contributed by atoms with Gasteiger partial charge in [0.1, 0.15) is 28.7 Å². The molecule has 3 aromatic heterocycles. The normalized spacial score (nSPS) is 16.5. The first-order chi connectivity index (χ1) is 18.8. The number of hydrogen-bond donors (Lipinski definition) is 2. The molecule has 0 spiro atoms. The summed E-state index contributed by atoms with van der Waals surface area (Å²) in [5.74, 6) is -1.12. The molecule has 0 saturated carbocycles. The van der Waals surface area contributed by atoms with Gasteiger partial charge >= 0.3 is 6.55 Å². The molecular formula is C27H28F4N6O3. The highest BCUT2D eigenvalue weighted by atomic mass is 19.3. The molecule has 4 heterocycles. The minimum Gasteiger partial charge on any atom is -0.487 e. The smallest absolute Gasteiger partial charge is 0.333 e. The number of nitrogens with zero attached hydrogens (tertiary/aromatic N) is 6. The highest BCUT2D eigenvalue weighted by molar-refractivity contribution is 5.83. The van der Waals surface area contributed by atoms with E-state index in [4.69, 9.17) is 9.72 Å². The van der Waals surface area contributed by atoms with Crippen LogP contribution in [0.5, 0.6) is 5.75 Å². The summed E-state index contributed by atoms with van der Waals surface area (Å²) in [6.07, 6.45) is 4.47. The third-order valence-electron chi connectivity index (χ3n) is 7.23. The van der Waals surface area contributed by atoms with Gasteiger partial charge in [0.05, 0.1) is 29.2 Å². The van der Waals surface area contributed by atoms with Crippen molar-refractivity contribution in [1.29, 1.82) is 0 Å². The predicted molar refractivity (Wildman–Crippen MR) is 138 cm³/mol. The van der Waals surface area contributed by atoms with Crippen molar-refractivity contribution in [3.63, 3.8) is 0 Å². The fraction of sp³-hybridized carbons (Fsp3) is 0.407. The van der Waals surface area contributed by atoms with Gasteiger partial charge in [-0.3, -0.25) is 4.98 Å². The lowest BCUT2D eigenvalue weighted by Gasteiger charge is -2.35. The number of pyridine rings is 1. The Hall–Kier alpha value is -3.84. The first-order valence-corrected chi connectivity index (χ1v) is 12.7. The van der Waals surface area contributed by atoms with E-state index in [9.17, 15) is 27.8 Å². The van der Waals surface area contributed by atoms with E-state index >= 15 is 0 Å². The Bertz CT molecular complexity index is 1530. The lowest BCUT2D eigenvalue weighted by molar-refractivity contribution is -0.127. The van der Waals surface area contributed by atoms with Crippen LogP contribution in [0.2, 0.25) is 0 Å². The second kappa shape index (κ2) is 10.3. The van der Waals surface area contributed by atoms with Crippen LogP contribution in [0.3, 0.4) is 0 Å². The molecule has 1 aliphatic heterocycles. The van der Waals surface area contributed by atoms with Crippen LogP contribution in [0.15, 0.2) is 42.9 Å². The Morgan fingerprint density at radius 1 is 1.00 bits per heavy atom. The minimum absolute atomic E-state index is 0.0376. The van der Waals surface area contributed by atoms with E-state index in [1.54, 1.807) is 0 Å². The van der Waals surface area contributed by atoms with Gasteiger partial charge in [-0.05, 0) is 39.0 Å². The Labute approximate surface area is 227 Å². The molecule has 40 heavy (non-hydrogen) atoms. The van der Waals surface area contributed by atoms with E-state index in [-0.39, 0.29) is 17.5 Å². The maximum Gasteiger partial charge on any atom is 0.333 e. The van der Waals surface area contributed by atoms with Crippen LogP contribution in [0.1, 0.15) is 45.9 Å².